The van der Waals surface area contributed by atoms with Crippen LogP contribution in [0, 0.1) is 27.7 Å². The lowest BCUT2D eigenvalue weighted by Gasteiger charge is -2.24. The Morgan fingerprint density at radius 1 is 0.304 bits per heavy atom. The van der Waals surface area contributed by atoms with E-state index < -0.39 is 169 Å². The third kappa shape index (κ3) is 18.8. The average Bonchev–Trinajstić information content (AvgIpc) is 1.77. The smallest absolute Gasteiger partial charge is 0.335 e. The number of ether oxygens (including phenoxy) is 8. The SMILES string of the molecule is Cc1cn([C@H]2C[C@@H]3NC(=O)CC[C@H]4O[C@@H](n5cc(C)c(=O)n(COCc6ccccc6)c5=O)C[C@@H]4NC(=O)CC[C@H]4O[C@@H](n5cc(C)c(=O)n(COCc6ccccc6)c5=O)C[C@@H]4NC(=O)CC[C@H]4O[C@@H](n5cc(C)c(=O)n(COCc6ccccc6)c5=O)C[C@@H]4NC(=O)CC[C@H]3O2)c(=O)n(COCc2ccccc2)c1=O. The molecule has 32 heteroatoms. The van der Waals surface area contributed by atoms with Crippen molar-refractivity contribution < 1.29 is 57.1 Å². The Morgan fingerprint density at radius 2 is 0.500 bits per heavy atom. The number of amides is 4. The van der Waals surface area contributed by atoms with Crippen LogP contribution in [0.15, 0.2) is 184 Å². The van der Waals surface area contributed by atoms with E-state index in [1.165, 1.54) is 43.1 Å². The highest BCUT2D eigenvalue weighted by atomic mass is 16.5. The lowest BCUT2D eigenvalue weighted by Crippen LogP contribution is -2.45. The molecule has 4 aromatic carbocycles. The molecule has 8 aromatic rings. The zero-order valence-electron chi connectivity index (χ0n) is 62.7. The normalized spacial score (nSPS) is 24.0. The molecule has 5 aliphatic heterocycles. The first-order chi connectivity index (χ1) is 54.1. The predicted molar refractivity (Wildman–Crippen MR) is 402 cm³/mol. The molecule has 12 atom stereocenters. The van der Waals surface area contributed by atoms with Gasteiger partial charge in [-0.2, -0.15) is 0 Å². The molecule has 0 unspecified atom stereocenters. The molecule has 5 saturated heterocycles. The fourth-order valence-corrected chi connectivity index (χ4v) is 15.1. The van der Waals surface area contributed by atoms with Gasteiger partial charge in [0.05, 0.1) is 75.0 Å². The van der Waals surface area contributed by atoms with Gasteiger partial charge in [-0.3, -0.25) is 56.6 Å². The number of aromatic nitrogens is 8. The van der Waals surface area contributed by atoms with Gasteiger partial charge in [-0.15, -0.1) is 0 Å². The summed E-state index contributed by atoms with van der Waals surface area (Å²) in [5, 5.41) is 12.3. The Bertz CT molecular complexity index is 4570. The van der Waals surface area contributed by atoms with Crippen molar-refractivity contribution in [1.29, 1.82) is 0 Å². The summed E-state index contributed by atoms with van der Waals surface area (Å²) in [5.41, 5.74) is -1.42. The minimum Gasteiger partial charge on any atom is -0.356 e. The molecule has 4 N–H and O–H groups in total. The van der Waals surface area contributed by atoms with E-state index in [-0.39, 0.29) is 126 Å². The highest BCUT2D eigenvalue weighted by Gasteiger charge is 2.44. The van der Waals surface area contributed by atoms with Crippen molar-refractivity contribution in [2.45, 2.75) is 232 Å². The molecular weight excluding hydrogens is 1450 g/mol. The summed E-state index contributed by atoms with van der Waals surface area (Å²) in [5.74, 6) is -2.07. The Hall–Kier alpha value is -10.8. The molecule has 0 spiro atoms. The van der Waals surface area contributed by atoms with Gasteiger partial charge in [-0.1, -0.05) is 121 Å². The zero-order chi connectivity index (χ0) is 78.7. The van der Waals surface area contributed by atoms with Gasteiger partial charge < -0.3 is 59.2 Å². The summed E-state index contributed by atoms with van der Waals surface area (Å²) in [6.45, 7) is 4.95. The van der Waals surface area contributed by atoms with Gasteiger partial charge in [0.2, 0.25) is 23.6 Å². The van der Waals surface area contributed by atoms with Crippen LogP contribution in [0.2, 0.25) is 0 Å². The molecule has 13 rings (SSSR count). The van der Waals surface area contributed by atoms with Gasteiger partial charge in [0.15, 0.2) is 0 Å². The second kappa shape index (κ2) is 36.1. The third-order valence-electron chi connectivity index (χ3n) is 21.0. The van der Waals surface area contributed by atoms with E-state index in [0.717, 1.165) is 40.5 Å². The van der Waals surface area contributed by atoms with Crippen LogP contribution in [0.1, 0.15) is 146 Å². The summed E-state index contributed by atoms with van der Waals surface area (Å²) < 4.78 is 59.0. The highest BCUT2D eigenvalue weighted by molar-refractivity contribution is 5.78. The first-order valence-corrected chi connectivity index (χ1v) is 37.7. The summed E-state index contributed by atoms with van der Waals surface area (Å²) in [6.07, 6.45) is -3.94. The number of carbonyl (C=O) groups excluding carboxylic acids is 4. The van der Waals surface area contributed by atoms with Crippen molar-refractivity contribution in [1.82, 2.24) is 57.8 Å². The van der Waals surface area contributed by atoms with Gasteiger partial charge in [0.1, 0.15) is 51.8 Å². The lowest BCUT2D eigenvalue weighted by atomic mass is 10.0. The summed E-state index contributed by atoms with van der Waals surface area (Å²) in [4.78, 5) is 171. The van der Waals surface area contributed by atoms with E-state index in [2.05, 4.69) is 21.3 Å². The van der Waals surface area contributed by atoms with Crippen molar-refractivity contribution in [2.24, 2.45) is 0 Å². The predicted octanol–water partition coefficient (Wildman–Crippen LogP) is 4.24. The molecule has 0 bridgehead atoms. The Labute approximate surface area is 641 Å². The number of hydrogen-bond acceptors (Lipinski definition) is 20. The second-order valence-corrected chi connectivity index (χ2v) is 29.1. The van der Waals surface area contributed by atoms with Crippen LogP contribution in [0.3, 0.4) is 0 Å². The van der Waals surface area contributed by atoms with Crippen LogP contribution in [0.25, 0.3) is 0 Å². The zero-order valence-corrected chi connectivity index (χ0v) is 62.7. The van der Waals surface area contributed by atoms with Crippen molar-refractivity contribution in [2.75, 3.05) is 0 Å². The first-order valence-electron chi connectivity index (χ1n) is 37.7. The van der Waals surface area contributed by atoms with Crippen molar-refractivity contribution in [3.05, 3.63) is 274 Å². The van der Waals surface area contributed by atoms with Gasteiger partial charge >= 0.3 is 22.8 Å². The van der Waals surface area contributed by atoms with Crippen LogP contribution >= 0.6 is 0 Å². The standard InChI is InChI=1S/C80H92N12O20/c1-49-37-85(77(101)89(73(49)97)45-105-41-53-17-9-5-10-18-53)69-33-57-61(109-69)25-29-66(94)82-58-34-70(86-38-50(2)74(98)90(78(86)102)46-106-42-54-19-11-6-12-20-54)111-63(58)27-31-68(96)84-60-36-72(88-40-52(4)76(100)92(80(88)104)48-108-44-56-23-15-8-16-24-56)112-64(60)28-32-67(95)83-59-35-71(110-62(59)26-30-65(93)81-57)87-39-51(3)75(99)91(79(87)103)47-107-43-55-21-13-7-14-22-55/h5-24,37-40,57-64,69-72H,25-36,41-48H2,1-4H3,(H,81,93)(H,82,94)(H,83,95)(H,84,96)/t57-,58-,59-,60-,61+,62+,63+,64+,69+,70+,71+,72+/m0/s1. The fraction of sp³-hybridized carbons (Fsp3) is 0.450. The van der Waals surface area contributed by atoms with Crippen LogP contribution < -0.4 is 66.3 Å². The Morgan fingerprint density at radius 3 is 0.696 bits per heavy atom. The molecule has 32 nitrogen and oxygen atoms in total. The van der Waals surface area contributed by atoms with Crippen molar-refractivity contribution >= 4 is 23.6 Å². The molecule has 5 fully saturated rings. The molecule has 9 heterocycles. The molecule has 592 valence electrons. The van der Waals surface area contributed by atoms with E-state index in [1.807, 2.05) is 121 Å². The quantitative estimate of drug-likeness (QED) is 0.0829. The van der Waals surface area contributed by atoms with Crippen LogP contribution in [-0.2, 0) is 110 Å². The number of benzene rings is 4. The van der Waals surface area contributed by atoms with Crippen molar-refractivity contribution in [3.8, 4) is 0 Å². The molecule has 4 amide bonds. The first kappa shape index (κ1) is 79.3. The molecule has 5 aliphatic rings. The van der Waals surface area contributed by atoms with Gasteiger partial charge in [-0.25, -0.2) is 37.4 Å². The number of rotatable bonds is 20. The van der Waals surface area contributed by atoms with Gasteiger partial charge in [0, 0.05) is 98.4 Å². The second-order valence-electron chi connectivity index (χ2n) is 29.1. The number of hydrogen-bond donors (Lipinski definition) is 4. The largest absolute Gasteiger partial charge is 0.356 e. The number of aryl methyl sites for hydroxylation is 4. The molecule has 0 aliphatic carbocycles. The Balaban J connectivity index is 0.802. The van der Waals surface area contributed by atoms with Crippen LogP contribution in [0.4, 0.5) is 0 Å². The summed E-state index contributed by atoms with van der Waals surface area (Å²) in [7, 11) is 0. The number of fused-ring (bicyclic) bond motifs is 4. The highest BCUT2D eigenvalue weighted by Crippen LogP contribution is 2.36. The number of nitrogens with one attached hydrogen (secondary N) is 4. The molecule has 4 aromatic heterocycles. The minimum atomic E-state index is -1.09. The maximum atomic E-state index is 14.7. The minimum absolute atomic E-state index is 0.0245. The molecule has 0 saturated carbocycles. The van der Waals surface area contributed by atoms with E-state index in [9.17, 15) is 57.5 Å². The summed E-state index contributed by atoms with van der Waals surface area (Å²) >= 11 is 0. The summed E-state index contributed by atoms with van der Waals surface area (Å²) in [6, 6.07) is 33.3. The monoisotopic (exact) mass is 1540 g/mol. The van der Waals surface area contributed by atoms with E-state index in [1.54, 1.807) is 27.7 Å². The van der Waals surface area contributed by atoms with Gasteiger partial charge in [0.25, 0.3) is 22.2 Å². The molecule has 112 heavy (non-hydrogen) atoms. The third-order valence-corrected chi connectivity index (χ3v) is 21.0. The number of nitrogens with zero attached hydrogens (tertiary/aromatic N) is 8. The van der Waals surface area contributed by atoms with E-state index in [0.29, 0.717) is 0 Å². The Kier molecular flexibility index (Phi) is 25.5. The number of carbonyl (C=O) groups is 4. The van der Waals surface area contributed by atoms with Crippen LogP contribution in [-0.4, -0.2) is 109 Å². The van der Waals surface area contributed by atoms with Crippen molar-refractivity contribution in [3.63, 3.8) is 0 Å². The lowest BCUT2D eigenvalue weighted by molar-refractivity contribution is -0.124. The van der Waals surface area contributed by atoms with E-state index in [4.69, 9.17) is 37.9 Å². The molecule has 0 radical (unpaired) electrons. The van der Waals surface area contributed by atoms with Crippen LogP contribution in [0.5, 0.6) is 0 Å². The average molecular weight is 1540 g/mol. The fourth-order valence-electron chi connectivity index (χ4n) is 15.1. The van der Waals surface area contributed by atoms with Gasteiger partial charge in [-0.05, 0) is 75.6 Å². The maximum Gasteiger partial charge on any atom is 0.335 e. The van der Waals surface area contributed by atoms with E-state index >= 15 is 0 Å². The maximum absolute atomic E-state index is 14.7. The topological polar surface area (TPSA) is 366 Å². The molecular formula is C80H92N12O20.